The molecule has 0 aliphatic carbocycles. The van der Waals surface area contributed by atoms with E-state index in [0.717, 1.165) is 24.4 Å². The van der Waals surface area contributed by atoms with Gasteiger partial charge < -0.3 is 29.5 Å². The molecule has 0 aromatic heterocycles. The number of nitrogens with zero attached hydrogens (tertiary/aromatic N) is 2. The Morgan fingerprint density at radius 3 is 2.84 bits per heavy atom. The van der Waals surface area contributed by atoms with Crippen LogP contribution in [-0.2, 0) is 9.53 Å². The summed E-state index contributed by atoms with van der Waals surface area (Å²) < 4.78 is 17.7. The molecule has 4 heterocycles. The molecule has 6 rings (SSSR count). The summed E-state index contributed by atoms with van der Waals surface area (Å²) in [6, 6.07) is 15.5. The van der Waals surface area contributed by atoms with Gasteiger partial charge in [0.2, 0.25) is 5.91 Å². The van der Waals surface area contributed by atoms with Gasteiger partial charge in [0.15, 0.2) is 6.73 Å². The van der Waals surface area contributed by atoms with Gasteiger partial charge in [-0.2, -0.15) is 0 Å². The molecule has 4 unspecified atom stereocenters. The average molecular weight is 462 g/mol. The second-order valence-electron chi connectivity index (χ2n) is 8.19. The summed E-state index contributed by atoms with van der Waals surface area (Å²) in [6.07, 6.45) is 0.344. The number of nitrogens with one attached hydrogen (secondary N) is 1. The molecule has 4 aliphatic rings. The van der Waals surface area contributed by atoms with E-state index in [0.29, 0.717) is 24.7 Å². The van der Waals surface area contributed by atoms with Crippen molar-refractivity contribution in [1.82, 2.24) is 4.90 Å². The van der Waals surface area contributed by atoms with Crippen LogP contribution in [-0.4, -0.2) is 66.8 Å². The van der Waals surface area contributed by atoms with Crippen molar-refractivity contribution >= 4 is 29.7 Å². The summed E-state index contributed by atoms with van der Waals surface area (Å²) in [7, 11) is 0. The molecule has 4 atom stereocenters. The highest BCUT2D eigenvalue weighted by Crippen LogP contribution is 2.43. The van der Waals surface area contributed by atoms with Crippen LogP contribution in [0.4, 0.5) is 11.4 Å². The number of rotatable bonds is 7. The maximum Gasteiger partial charge on any atom is 0.221 e. The number of anilines is 2. The summed E-state index contributed by atoms with van der Waals surface area (Å²) in [5.41, 5.74) is 1.70. The predicted molar refractivity (Wildman–Crippen MR) is 123 cm³/mol. The van der Waals surface area contributed by atoms with E-state index in [4.69, 9.17) is 14.2 Å². The standard InChI is InChI=1S/C23H27N3O5.ClH/c1-15(27)24-17-6-2-4-8-19(17)29-13-16(28)12-25-11-10-21-22(23(25)31-21)26-14-30-20-9-5-3-7-18(20)26;/h2-9,16,21-23,28H,10-14H2,1H3,(H,24,27);1H. The fourth-order valence-corrected chi connectivity index (χ4v) is 4.61. The fourth-order valence-electron chi connectivity index (χ4n) is 4.61. The van der Waals surface area contributed by atoms with Crippen LogP contribution in [0.25, 0.3) is 0 Å². The molecule has 2 N–H and O–H groups in total. The first-order valence-corrected chi connectivity index (χ1v) is 10.7. The highest BCUT2D eigenvalue weighted by atomic mass is 35.5. The number of carbonyl (C=O) groups excluding carboxylic acids is 1. The third-order valence-corrected chi connectivity index (χ3v) is 6.02. The third kappa shape index (κ3) is 4.36. The maximum absolute atomic E-state index is 11.4. The maximum atomic E-state index is 11.4. The molecule has 32 heavy (non-hydrogen) atoms. The largest absolute Gasteiger partial charge is 0.489 e. The number of ether oxygens (including phenoxy) is 3. The smallest absolute Gasteiger partial charge is 0.221 e. The molecule has 2 aromatic carbocycles. The predicted octanol–water partition coefficient (Wildman–Crippen LogP) is 2.46. The molecule has 172 valence electrons. The molecule has 0 saturated carbocycles. The summed E-state index contributed by atoms with van der Waals surface area (Å²) >= 11 is 0. The first kappa shape index (κ1) is 22.7. The minimum absolute atomic E-state index is 0. The summed E-state index contributed by atoms with van der Waals surface area (Å²) in [5.74, 6) is 1.28. The van der Waals surface area contributed by atoms with Crippen molar-refractivity contribution in [3.63, 3.8) is 0 Å². The lowest BCUT2D eigenvalue weighted by atomic mass is 9.91. The molecule has 8 nitrogen and oxygen atoms in total. The summed E-state index contributed by atoms with van der Waals surface area (Å²) in [6.45, 7) is 3.44. The molecule has 1 amide bonds. The van der Waals surface area contributed by atoms with Gasteiger partial charge in [-0.15, -0.1) is 12.4 Å². The van der Waals surface area contributed by atoms with E-state index in [1.807, 2.05) is 30.3 Å². The first-order valence-electron chi connectivity index (χ1n) is 10.7. The average Bonchev–Trinajstić information content (AvgIpc) is 3.16. The highest BCUT2D eigenvalue weighted by Gasteiger charge is 2.53. The number of benzene rings is 2. The molecule has 0 radical (unpaired) electrons. The van der Waals surface area contributed by atoms with Gasteiger partial charge >= 0.3 is 0 Å². The van der Waals surface area contributed by atoms with Gasteiger partial charge in [0.05, 0.1) is 23.5 Å². The first-order chi connectivity index (χ1) is 15.1. The lowest BCUT2D eigenvalue weighted by Crippen LogP contribution is -2.73. The Morgan fingerprint density at radius 1 is 1.25 bits per heavy atom. The number of piperidine rings is 1. The van der Waals surface area contributed by atoms with Crippen molar-refractivity contribution in [3.05, 3.63) is 48.5 Å². The van der Waals surface area contributed by atoms with Gasteiger partial charge in [-0.05, 0) is 30.7 Å². The number of fused-ring (bicyclic) bond motifs is 3. The minimum Gasteiger partial charge on any atom is -0.489 e. The molecule has 9 heteroatoms. The van der Waals surface area contributed by atoms with Crippen molar-refractivity contribution in [2.75, 3.05) is 36.6 Å². The minimum atomic E-state index is -0.686. The molecule has 2 bridgehead atoms. The molecule has 2 aromatic rings. The van der Waals surface area contributed by atoms with Crippen LogP contribution in [0, 0.1) is 0 Å². The Morgan fingerprint density at radius 2 is 2.03 bits per heavy atom. The van der Waals surface area contributed by atoms with Gasteiger partial charge in [0, 0.05) is 20.0 Å². The quantitative estimate of drug-likeness (QED) is 0.655. The number of hydrogen-bond acceptors (Lipinski definition) is 7. The Bertz CT molecular complexity index is 959. The van der Waals surface area contributed by atoms with E-state index in [9.17, 15) is 9.90 Å². The fraction of sp³-hybridized carbons (Fsp3) is 0.435. The number of aliphatic hydroxyl groups is 1. The SMILES string of the molecule is CC(=O)Nc1ccccc1OCC(O)CN1CCC2OC1C2N1COc2ccccc21.Cl. The number of amides is 1. The van der Waals surface area contributed by atoms with Gasteiger partial charge in [0.1, 0.15) is 30.4 Å². The van der Waals surface area contributed by atoms with E-state index in [1.54, 1.807) is 12.1 Å². The van der Waals surface area contributed by atoms with E-state index in [-0.39, 0.29) is 43.3 Å². The third-order valence-electron chi connectivity index (χ3n) is 6.02. The number of aliphatic hydroxyl groups excluding tert-OH is 1. The Kier molecular flexibility index (Phi) is 6.76. The van der Waals surface area contributed by atoms with Gasteiger partial charge in [-0.25, -0.2) is 0 Å². The van der Waals surface area contributed by atoms with Crippen molar-refractivity contribution in [3.8, 4) is 11.5 Å². The van der Waals surface area contributed by atoms with Crippen molar-refractivity contribution in [2.45, 2.75) is 37.8 Å². The van der Waals surface area contributed by atoms with Crippen molar-refractivity contribution < 1.29 is 24.1 Å². The molecule has 0 spiro atoms. The van der Waals surface area contributed by atoms with Crippen LogP contribution < -0.4 is 19.7 Å². The second-order valence-corrected chi connectivity index (χ2v) is 8.19. The normalized spacial score (nSPS) is 24.4. The molecule has 3 fully saturated rings. The van der Waals surface area contributed by atoms with Crippen LogP contribution in [0.5, 0.6) is 11.5 Å². The van der Waals surface area contributed by atoms with Crippen molar-refractivity contribution in [1.29, 1.82) is 0 Å². The Labute approximate surface area is 193 Å². The highest BCUT2D eigenvalue weighted by molar-refractivity contribution is 5.90. The second kappa shape index (κ2) is 9.54. The van der Waals surface area contributed by atoms with Crippen molar-refractivity contribution in [2.24, 2.45) is 0 Å². The molecule has 3 saturated heterocycles. The van der Waals surface area contributed by atoms with E-state index < -0.39 is 6.10 Å². The van der Waals surface area contributed by atoms with Crippen LogP contribution >= 0.6 is 12.4 Å². The zero-order chi connectivity index (χ0) is 21.4. The summed E-state index contributed by atoms with van der Waals surface area (Å²) in [5, 5.41) is 13.4. The topological polar surface area (TPSA) is 83.5 Å². The lowest BCUT2D eigenvalue weighted by Gasteiger charge is -2.57. The number of carbonyl (C=O) groups is 1. The van der Waals surface area contributed by atoms with E-state index in [1.165, 1.54) is 6.92 Å². The Hall–Kier alpha value is -2.52. The van der Waals surface area contributed by atoms with Crippen LogP contribution in [0.1, 0.15) is 13.3 Å². The zero-order valence-electron chi connectivity index (χ0n) is 17.8. The number of para-hydroxylation sites is 4. The number of hydrogen-bond donors (Lipinski definition) is 2. The van der Waals surface area contributed by atoms with E-state index >= 15 is 0 Å². The molecular weight excluding hydrogens is 434 g/mol. The van der Waals surface area contributed by atoms with Crippen LogP contribution in [0.15, 0.2) is 48.5 Å². The van der Waals surface area contributed by atoms with Gasteiger partial charge in [-0.1, -0.05) is 24.3 Å². The van der Waals surface area contributed by atoms with Crippen LogP contribution in [0.2, 0.25) is 0 Å². The van der Waals surface area contributed by atoms with E-state index in [2.05, 4.69) is 21.2 Å². The Balaban J connectivity index is 0.00000245. The molecule has 4 aliphatic heterocycles. The molecular formula is C23H28ClN3O5. The lowest BCUT2D eigenvalue weighted by molar-refractivity contribution is -0.254. The van der Waals surface area contributed by atoms with Crippen LogP contribution in [0.3, 0.4) is 0 Å². The van der Waals surface area contributed by atoms with Gasteiger partial charge in [-0.3, -0.25) is 9.69 Å². The monoisotopic (exact) mass is 461 g/mol. The number of halogens is 1. The summed E-state index contributed by atoms with van der Waals surface area (Å²) in [4.78, 5) is 15.8. The zero-order valence-corrected chi connectivity index (χ0v) is 18.7. The van der Waals surface area contributed by atoms with Gasteiger partial charge in [0.25, 0.3) is 0 Å².